The van der Waals surface area contributed by atoms with Gasteiger partial charge in [-0.15, -0.1) is 0 Å². The number of anilines is 1. The molecule has 90 valence electrons. The van der Waals surface area contributed by atoms with Gasteiger partial charge in [-0.05, 0) is 41.8 Å². The van der Waals surface area contributed by atoms with Crippen molar-refractivity contribution < 1.29 is 4.42 Å². The number of oxazole rings is 1. The third-order valence-electron chi connectivity index (χ3n) is 3.05. The molecule has 18 heavy (non-hydrogen) atoms. The SMILES string of the molecule is CNc1ccc(Cc2ccc3ncoc3c2)cc1. The van der Waals surface area contributed by atoms with Crippen LogP contribution in [0.25, 0.3) is 11.1 Å². The predicted molar refractivity (Wildman–Crippen MR) is 72.8 cm³/mol. The lowest BCUT2D eigenvalue weighted by Crippen LogP contribution is -1.90. The zero-order chi connectivity index (χ0) is 12.4. The summed E-state index contributed by atoms with van der Waals surface area (Å²) in [5, 5.41) is 3.12. The summed E-state index contributed by atoms with van der Waals surface area (Å²) in [6.07, 6.45) is 2.39. The Hall–Kier alpha value is -2.29. The molecule has 0 aliphatic heterocycles. The van der Waals surface area contributed by atoms with Crippen molar-refractivity contribution in [3.8, 4) is 0 Å². The van der Waals surface area contributed by atoms with E-state index in [2.05, 4.69) is 40.6 Å². The average molecular weight is 238 g/mol. The second-order valence-electron chi connectivity index (χ2n) is 4.28. The van der Waals surface area contributed by atoms with Crippen molar-refractivity contribution in [1.82, 2.24) is 4.98 Å². The van der Waals surface area contributed by atoms with E-state index in [0.29, 0.717) is 0 Å². The molecule has 0 atom stereocenters. The minimum Gasteiger partial charge on any atom is -0.443 e. The molecule has 0 saturated heterocycles. The fourth-order valence-electron chi connectivity index (χ4n) is 2.03. The Labute approximate surface area is 105 Å². The Balaban J connectivity index is 1.85. The Morgan fingerprint density at radius 3 is 2.61 bits per heavy atom. The third kappa shape index (κ3) is 2.07. The second-order valence-corrected chi connectivity index (χ2v) is 4.28. The predicted octanol–water partition coefficient (Wildman–Crippen LogP) is 3.46. The molecular weight excluding hydrogens is 224 g/mol. The molecule has 0 spiro atoms. The van der Waals surface area contributed by atoms with Crippen LogP contribution in [0.5, 0.6) is 0 Å². The fourth-order valence-corrected chi connectivity index (χ4v) is 2.03. The number of nitrogens with one attached hydrogen (secondary N) is 1. The zero-order valence-electron chi connectivity index (χ0n) is 10.2. The molecule has 3 nitrogen and oxygen atoms in total. The second kappa shape index (κ2) is 4.53. The van der Waals surface area contributed by atoms with Gasteiger partial charge in [-0.25, -0.2) is 4.98 Å². The lowest BCUT2D eigenvalue weighted by atomic mass is 10.0. The van der Waals surface area contributed by atoms with Gasteiger partial charge in [0.05, 0.1) is 0 Å². The normalized spacial score (nSPS) is 10.7. The number of fused-ring (bicyclic) bond motifs is 1. The van der Waals surface area contributed by atoms with Crippen LogP contribution in [0.1, 0.15) is 11.1 Å². The van der Waals surface area contributed by atoms with E-state index in [1.54, 1.807) is 0 Å². The van der Waals surface area contributed by atoms with E-state index < -0.39 is 0 Å². The molecule has 0 aliphatic carbocycles. The van der Waals surface area contributed by atoms with Crippen LogP contribution in [0.15, 0.2) is 53.3 Å². The first-order chi connectivity index (χ1) is 8.85. The Morgan fingerprint density at radius 2 is 1.83 bits per heavy atom. The largest absolute Gasteiger partial charge is 0.443 e. The van der Waals surface area contributed by atoms with E-state index in [-0.39, 0.29) is 0 Å². The zero-order valence-corrected chi connectivity index (χ0v) is 10.2. The number of aromatic nitrogens is 1. The quantitative estimate of drug-likeness (QED) is 0.759. The van der Waals surface area contributed by atoms with Gasteiger partial charge in [-0.3, -0.25) is 0 Å². The Morgan fingerprint density at radius 1 is 1.06 bits per heavy atom. The Kier molecular flexibility index (Phi) is 2.73. The van der Waals surface area contributed by atoms with Gasteiger partial charge in [0.1, 0.15) is 5.52 Å². The molecule has 0 radical (unpaired) electrons. The summed E-state index contributed by atoms with van der Waals surface area (Å²) in [7, 11) is 1.92. The summed E-state index contributed by atoms with van der Waals surface area (Å²) in [6, 6.07) is 14.6. The summed E-state index contributed by atoms with van der Waals surface area (Å²) in [6.45, 7) is 0. The first-order valence-electron chi connectivity index (χ1n) is 5.94. The smallest absolute Gasteiger partial charge is 0.181 e. The number of hydrogen-bond acceptors (Lipinski definition) is 3. The number of rotatable bonds is 3. The highest BCUT2D eigenvalue weighted by Crippen LogP contribution is 2.18. The van der Waals surface area contributed by atoms with Gasteiger partial charge in [-0.1, -0.05) is 18.2 Å². The van der Waals surface area contributed by atoms with Crippen molar-refractivity contribution in [1.29, 1.82) is 0 Å². The molecule has 0 unspecified atom stereocenters. The molecule has 0 aliphatic rings. The topological polar surface area (TPSA) is 38.1 Å². The van der Waals surface area contributed by atoms with Crippen LogP contribution in [-0.4, -0.2) is 12.0 Å². The molecule has 3 rings (SSSR count). The van der Waals surface area contributed by atoms with E-state index in [4.69, 9.17) is 4.42 Å². The van der Waals surface area contributed by atoms with E-state index in [1.165, 1.54) is 17.5 Å². The molecule has 3 aromatic rings. The number of hydrogen-bond donors (Lipinski definition) is 1. The van der Waals surface area contributed by atoms with Crippen LogP contribution in [0.2, 0.25) is 0 Å². The lowest BCUT2D eigenvalue weighted by Gasteiger charge is -2.04. The molecular formula is C15H14N2O. The van der Waals surface area contributed by atoms with Crippen molar-refractivity contribution in [3.05, 3.63) is 60.0 Å². The summed E-state index contributed by atoms with van der Waals surface area (Å²) in [4.78, 5) is 4.11. The van der Waals surface area contributed by atoms with E-state index in [9.17, 15) is 0 Å². The molecule has 0 fully saturated rings. The summed E-state index contributed by atoms with van der Waals surface area (Å²) < 4.78 is 5.31. The van der Waals surface area contributed by atoms with Crippen molar-refractivity contribution in [2.24, 2.45) is 0 Å². The molecule has 0 amide bonds. The highest BCUT2D eigenvalue weighted by Gasteiger charge is 2.01. The van der Waals surface area contributed by atoms with E-state index in [1.807, 2.05) is 19.2 Å². The van der Waals surface area contributed by atoms with Crippen LogP contribution in [-0.2, 0) is 6.42 Å². The standard InChI is InChI=1S/C15H14N2O/c1-16-13-5-2-11(3-6-13)8-12-4-7-14-15(9-12)18-10-17-14/h2-7,9-10,16H,8H2,1H3. The van der Waals surface area contributed by atoms with Crippen LogP contribution in [0.4, 0.5) is 5.69 Å². The Bertz CT molecular complexity index is 656. The van der Waals surface area contributed by atoms with Gasteiger partial charge in [-0.2, -0.15) is 0 Å². The first-order valence-corrected chi connectivity index (χ1v) is 5.94. The fraction of sp³-hybridized carbons (Fsp3) is 0.133. The maximum Gasteiger partial charge on any atom is 0.181 e. The lowest BCUT2D eigenvalue weighted by molar-refractivity contribution is 0.602. The molecule has 1 aromatic heterocycles. The number of benzene rings is 2. The van der Waals surface area contributed by atoms with Crippen LogP contribution >= 0.6 is 0 Å². The van der Waals surface area contributed by atoms with E-state index >= 15 is 0 Å². The van der Waals surface area contributed by atoms with Crippen LogP contribution in [0.3, 0.4) is 0 Å². The molecule has 1 N–H and O–H groups in total. The van der Waals surface area contributed by atoms with Crippen LogP contribution in [0, 0.1) is 0 Å². The maximum atomic E-state index is 5.31. The van der Waals surface area contributed by atoms with E-state index in [0.717, 1.165) is 23.2 Å². The highest BCUT2D eigenvalue weighted by atomic mass is 16.3. The van der Waals surface area contributed by atoms with Gasteiger partial charge >= 0.3 is 0 Å². The molecule has 1 heterocycles. The first kappa shape index (κ1) is 10.8. The minimum absolute atomic E-state index is 0.847. The summed E-state index contributed by atoms with van der Waals surface area (Å²) >= 11 is 0. The van der Waals surface area contributed by atoms with Crippen molar-refractivity contribution in [2.45, 2.75) is 6.42 Å². The van der Waals surface area contributed by atoms with Gasteiger partial charge in [0.25, 0.3) is 0 Å². The van der Waals surface area contributed by atoms with Gasteiger partial charge < -0.3 is 9.73 Å². The van der Waals surface area contributed by atoms with Gasteiger partial charge in [0.15, 0.2) is 12.0 Å². The molecule has 0 bridgehead atoms. The molecule has 2 aromatic carbocycles. The van der Waals surface area contributed by atoms with Gasteiger partial charge in [0, 0.05) is 12.7 Å². The van der Waals surface area contributed by atoms with Crippen molar-refractivity contribution in [3.63, 3.8) is 0 Å². The third-order valence-corrected chi connectivity index (χ3v) is 3.05. The number of nitrogens with zero attached hydrogens (tertiary/aromatic N) is 1. The molecule has 3 heteroatoms. The monoisotopic (exact) mass is 238 g/mol. The summed E-state index contributed by atoms with van der Waals surface area (Å²) in [5.74, 6) is 0. The maximum absolute atomic E-state index is 5.31. The molecule has 0 saturated carbocycles. The highest BCUT2D eigenvalue weighted by molar-refractivity contribution is 5.72. The van der Waals surface area contributed by atoms with Crippen molar-refractivity contribution >= 4 is 16.8 Å². The van der Waals surface area contributed by atoms with Crippen molar-refractivity contribution in [2.75, 3.05) is 12.4 Å². The average Bonchev–Trinajstić information content (AvgIpc) is 2.87. The van der Waals surface area contributed by atoms with Gasteiger partial charge in [0.2, 0.25) is 0 Å². The van der Waals surface area contributed by atoms with Crippen LogP contribution < -0.4 is 5.32 Å². The minimum atomic E-state index is 0.847. The summed E-state index contributed by atoms with van der Waals surface area (Å²) in [5.41, 5.74) is 5.40.